The number of aromatic nitrogens is 2. The third-order valence-electron chi connectivity index (χ3n) is 5.90. The smallest absolute Gasteiger partial charge is 0.317 e. The number of hydrogen-bond acceptors (Lipinski definition) is 5. The molecule has 5 N–H and O–H groups in total. The van der Waals surface area contributed by atoms with Gasteiger partial charge in [-0.2, -0.15) is 5.10 Å². The number of nitrogens with zero attached hydrogens (tertiary/aromatic N) is 3. The number of anilines is 1. The maximum atomic E-state index is 13.1. The first-order valence-electron chi connectivity index (χ1n) is 11.3. The van der Waals surface area contributed by atoms with Crippen LogP contribution in [-0.2, 0) is 11.8 Å². The van der Waals surface area contributed by atoms with Crippen LogP contribution in [0.3, 0.4) is 0 Å². The summed E-state index contributed by atoms with van der Waals surface area (Å²) < 4.78 is 32.5. The highest BCUT2D eigenvalue weighted by atomic mass is 19.2. The summed E-state index contributed by atoms with van der Waals surface area (Å²) >= 11 is 0. The van der Waals surface area contributed by atoms with Crippen molar-refractivity contribution in [3.63, 3.8) is 0 Å². The normalized spacial score (nSPS) is 15.3. The summed E-state index contributed by atoms with van der Waals surface area (Å²) in [5, 5.41) is 6.70. The summed E-state index contributed by atoms with van der Waals surface area (Å²) in [7, 11) is 3.37. The molecular formula is C25H30F2N6O3. The molecule has 1 fully saturated rings. The second kappa shape index (κ2) is 12.2. The van der Waals surface area contributed by atoms with Gasteiger partial charge < -0.3 is 21.1 Å². The Morgan fingerprint density at radius 2 is 1.83 bits per heavy atom. The molecule has 1 atom stereocenters. The molecule has 1 unspecified atom stereocenters. The van der Waals surface area contributed by atoms with E-state index in [0.29, 0.717) is 29.6 Å². The molecular weight excluding hydrogens is 470 g/mol. The molecule has 0 radical (unpaired) electrons. The third kappa shape index (κ3) is 7.09. The molecule has 192 valence electrons. The second-order valence-corrected chi connectivity index (χ2v) is 8.42. The average Bonchev–Trinajstić information content (AvgIpc) is 3.46. The minimum atomic E-state index is -0.775. The van der Waals surface area contributed by atoms with E-state index in [0.717, 1.165) is 37.2 Å². The summed E-state index contributed by atoms with van der Waals surface area (Å²) in [4.78, 5) is 24.1. The van der Waals surface area contributed by atoms with Crippen molar-refractivity contribution in [3.05, 3.63) is 71.3 Å². The lowest BCUT2D eigenvalue weighted by atomic mass is 9.98. The Morgan fingerprint density at radius 3 is 2.44 bits per heavy atom. The molecule has 1 aliphatic heterocycles. The number of primary amides is 2. The first kappa shape index (κ1) is 26.8. The third-order valence-corrected chi connectivity index (χ3v) is 5.90. The lowest BCUT2D eigenvalue weighted by Crippen LogP contribution is -2.24. The van der Waals surface area contributed by atoms with Crippen molar-refractivity contribution in [2.45, 2.75) is 12.3 Å². The molecule has 2 heterocycles. The van der Waals surface area contributed by atoms with Crippen molar-refractivity contribution in [1.29, 1.82) is 0 Å². The number of hydrogen-bond donors (Lipinski definition) is 3. The van der Waals surface area contributed by atoms with Crippen LogP contribution < -0.4 is 16.8 Å². The standard InChI is InChI=1S/C13H17F2NO.C12H13N5O2/c1-17-7-6-16-5-4-11(9-16)10-2-3-12(14)13(15)8-10;1-17-10(15-12(14)19)6-9(16-17)7-2-4-8(5-3-7)11(13)18/h2-3,8,11H,4-7,9H2,1H3;2-6H,1H3,(H2,13,18)(H3,14,15,19). The number of urea groups is 1. The Balaban J connectivity index is 0.000000202. The molecule has 11 heteroatoms. The predicted molar refractivity (Wildman–Crippen MR) is 132 cm³/mol. The largest absolute Gasteiger partial charge is 0.383 e. The molecule has 36 heavy (non-hydrogen) atoms. The van der Waals surface area contributed by atoms with Crippen LogP contribution in [0.25, 0.3) is 11.3 Å². The Bertz CT molecular complexity index is 1200. The Kier molecular flexibility index (Phi) is 9.09. The van der Waals surface area contributed by atoms with Gasteiger partial charge in [-0.1, -0.05) is 18.2 Å². The molecule has 0 bridgehead atoms. The van der Waals surface area contributed by atoms with E-state index >= 15 is 0 Å². The summed E-state index contributed by atoms with van der Waals surface area (Å²) in [6.45, 7) is 3.50. The Hall–Kier alpha value is -3.83. The number of carbonyl (C=O) groups excluding carboxylic acids is 2. The van der Waals surface area contributed by atoms with Gasteiger partial charge in [0.1, 0.15) is 5.82 Å². The van der Waals surface area contributed by atoms with Crippen LogP contribution in [0.2, 0.25) is 0 Å². The molecule has 9 nitrogen and oxygen atoms in total. The number of aryl methyl sites for hydroxylation is 1. The molecule has 4 rings (SSSR count). The summed E-state index contributed by atoms with van der Waals surface area (Å²) in [5.74, 6) is -1.21. The Morgan fingerprint density at radius 1 is 1.11 bits per heavy atom. The number of rotatable bonds is 7. The number of benzene rings is 2. The van der Waals surface area contributed by atoms with Crippen LogP contribution in [0.5, 0.6) is 0 Å². The number of methoxy groups -OCH3 is 1. The van der Waals surface area contributed by atoms with E-state index in [1.54, 1.807) is 50.6 Å². The number of nitrogens with two attached hydrogens (primary N) is 2. The zero-order valence-electron chi connectivity index (χ0n) is 20.2. The van der Waals surface area contributed by atoms with E-state index in [4.69, 9.17) is 16.2 Å². The zero-order chi connectivity index (χ0) is 26.2. The number of amides is 3. The summed E-state index contributed by atoms with van der Waals surface area (Å²) in [5.41, 5.74) is 13.0. The monoisotopic (exact) mass is 500 g/mol. The number of ether oxygens (including phenoxy) is 1. The molecule has 3 aromatic rings. The quantitative estimate of drug-likeness (QED) is 0.459. The van der Waals surface area contributed by atoms with Gasteiger partial charge in [0.05, 0.1) is 12.3 Å². The minimum absolute atomic E-state index is 0.307. The van der Waals surface area contributed by atoms with Crippen molar-refractivity contribution in [1.82, 2.24) is 14.7 Å². The van der Waals surface area contributed by atoms with E-state index in [1.807, 2.05) is 0 Å². The fourth-order valence-electron chi connectivity index (χ4n) is 3.95. The van der Waals surface area contributed by atoms with Gasteiger partial charge in [0.25, 0.3) is 0 Å². The van der Waals surface area contributed by atoms with Gasteiger partial charge in [0, 0.05) is 44.4 Å². The lowest BCUT2D eigenvalue weighted by Gasteiger charge is -2.15. The highest BCUT2D eigenvalue weighted by Crippen LogP contribution is 2.28. The molecule has 0 saturated carbocycles. The van der Waals surface area contributed by atoms with Crippen LogP contribution in [-0.4, -0.2) is 60.0 Å². The molecule has 0 aliphatic carbocycles. The number of nitrogens with one attached hydrogen (secondary N) is 1. The molecule has 3 amide bonds. The van der Waals surface area contributed by atoms with E-state index in [1.165, 1.54) is 16.8 Å². The van der Waals surface area contributed by atoms with Crippen molar-refractivity contribution < 1.29 is 23.1 Å². The minimum Gasteiger partial charge on any atom is -0.383 e. The SMILES string of the molecule is COCCN1CCC(c2ccc(F)c(F)c2)C1.Cn1nc(-c2ccc(C(N)=O)cc2)cc1NC(N)=O. The van der Waals surface area contributed by atoms with Gasteiger partial charge in [-0.15, -0.1) is 0 Å². The highest BCUT2D eigenvalue weighted by molar-refractivity contribution is 5.93. The van der Waals surface area contributed by atoms with E-state index in [9.17, 15) is 18.4 Å². The van der Waals surface area contributed by atoms with Gasteiger partial charge in [0.2, 0.25) is 5.91 Å². The number of likely N-dealkylation sites (tertiary alicyclic amines) is 1. The molecule has 1 aliphatic rings. The van der Waals surface area contributed by atoms with Gasteiger partial charge in [-0.3, -0.25) is 14.8 Å². The van der Waals surface area contributed by atoms with Crippen molar-refractivity contribution in [2.75, 3.05) is 38.7 Å². The first-order chi connectivity index (χ1) is 17.2. The summed E-state index contributed by atoms with van der Waals surface area (Å²) in [6.07, 6.45) is 0.995. The van der Waals surface area contributed by atoms with Crippen LogP contribution in [0.1, 0.15) is 28.3 Å². The molecule has 1 saturated heterocycles. The van der Waals surface area contributed by atoms with Crippen LogP contribution in [0.4, 0.5) is 19.4 Å². The topological polar surface area (TPSA) is 128 Å². The van der Waals surface area contributed by atoms with E-state index < -0.39 is 23.6 Å². The van der Waals surface area contributed by atoms with Gasteiger partial charge in [-0.25, -0.2) is 13.6 Å². The predicted octanol–water partition coefficient (Wildman–Crippen LogP) is 3.08. The summed E-state index contributed by atoms with van der Waals surface area (Å²) in [6, 6.07) is 11.9. The Labute approximate surface area is 208 Å². The fraction of sp³-hybridized carbons (Fsp3) is 0.320. The molecule has 1 aromatic heterocycles. The molecule has 2 aromatic carbocycles. The molecule has 0 spiro atoms. The van der Waals surface area contributed by atoms with E-state index in [2.05, 4.69) is 15.3 Å². The highest BCUT2D eigenvalue weighted by Gasteiger charge is 2.24. The maximum absolute atomic E-state index is 13.1. The van der Waals surface area contributed by atoms with Gasteiger partial charge >= 0.3 is 6.03 Å². The lowest BCUT2D eigenvalue weighted by molar-refractivity contribution is 0.1000. The van der Waals surface area contributed by atoms with Crippen molar-refractivity contribution in [3.8, 4) is 11.3 Å². The van der Waals surface area contributed by atoms with E-state index in [-0.39, 0.29) is 0 Å². The van der Waals surface area contributed by atoms with Gasteiger partial charge in [-0.05, 0) is 48.7 Å². The van der Waals surface area contributed by atoms with Crippen molar-refractivity contribution >= 4 is 17.8 Å². The van der Waals surface area contributed by atoms with Gasteiger partial charge in [0.15, 0.2) is 11.6 Å². The second-order valence-electron chi connectivity index (χ2n) is 8.42. The van der Waals surface area contributed by atoms with Crippen LogP contribution in [0, 0.1) is 11.6 Å². The number of halogens is 2. The van der Waals surface area contributed by atoms with Crippen LogP contribution in [0.15, 0.2) is 48.5 Å². The van der Waals surface area contributed by atoms with Crippen molar-refractivity contribution in [2.24, 2.45) is 18.5 Å². The average molecular weight is 501 g/mol. The van der Waals surface area contributed by atoms with Crippen LogP contribution >= 0.6 is 0 Å². The fourth-order valence-corrected chi connectivity index (χ4v) is 3.95. The number of carbonyl (C=O) groups is 2. The zero-order valence-corrected chi connectivity index (χ0v) is 20.2. The first-order valence-corrected chi connectivity index (χ1v) is 11.3. The maximum Gasteiger partial charge on any atom is 0.317 e.